The van der Waals surface area contributed by atoms with E-state index in [-0.39, 0.29) is 35.3 Å². The van der Waals surface area contributed by atoms with Gasteiger partial charge >= 0.3 is 12.0 Å². The molecule has 3 N–H and O–H groups in total. The number of nitro groups is 1. The van der Waals surface area contributed by atoms with Gasteiger partial charge < -0.3 is 10.1 Å². The Hall–Kier alpha value is -3.66. The molecule has 0 spiro atoms. The maximum Gasteiger partial charge on any atom is 0.324 e. The van der Waals surface area contributed by atoms with Crippen molar-refractivity contribution in [1.82, 2.24) is 5.32 Å². The van der Waals surface area contributed by atoms with Gasteiger partial charge in [-0.1, -0.05) is 29.8 Å². The molecule has 29 heavy (non-hydrogen) atoms. The summed E-state index contributed by atoms with van der Waals surface area (Å²) in [6, 6.07) is 11.8. The molecule has 2 amide bonds. The van der Waals surface area contributed by atoms with E-state index in [0.29, 0.717) is 5.69 Å². The third kappa shape index (κ3) is 7.11. The molecule has 0 saturated carbocycles. The number of halogens is 1. The van der Waals surface area contributed by atoms with E-state index in [9.17, 15) is 19.7 Å². The zero-order valence-corrected chi connectivity index (χ0v) is 16.1. The predicted molar refractivity (Wildman–Crippen MR) is 109 cm³/mol. The van der Waals surface area contributed by atoms with Crippen molar-refractivity contribution in [2.75, 3.05) is 17.3 Å². The van der Waals surface area contributed by atoms with Crippen LogP contribution in [0.5, 0.6) is 0 Å². The molecule has 0 radical (unpaired) electrons. The van der Waals surface area contributed by atoms with Gasteiger partial charge in [0.25, 0.3) is 5.69 Å². The third-order valence-electron chi connectivity index (χ3n) is 3.37. The number of benzene rings is 2. The maximum atomic E-state index is 12.2. The second-order valence-electron chi connectivity index (χ2n) is 5.52. The number of nitrogens with one attached hydrogen (secondary N) is 3. The van der Waals surface area contributed by atoms with E-state index in [1.807, 2.05) is 0 Å². The number of carbonyl (C=O) groups is 2. The van der Waals surface area contributed by atoms with Crippen molar-refractivity contribution < 1.29 is 19.2 Å². The number of rotatable bonds is 7. The minimum absolute atomic E-state index is 0.00544. The fourth-order valence-electron chi connectivity index (χ4n) is 2.16. The monoisotopic (exact) mass is 419 g/mol. The van der Waals surface area contributed by atoms with E-state index >= 15 is 0 Å². The minimum Gasteiger partial charge on any atom is -0.466 e. The number of esters is 1. The molecule has 0 fully saturated rings. The number of anilines is 2. The highest BCUT2D eigenvalue weighted by molar-refractivity contribution is 6.31. The van der Waals surface area contributed by atoms with Crippen molar-refractivity contribution in [3.8, 4) is 0 Å². The van der Waals surface area contributed by atoms with Gasteiger partial charge in [-0.2, -0.15) is 5.10 Å². The molecule has 0 unspecified atom stereocenters. The van der Waals surface area contributed by atoms with E-state index < -0.39 is 16.9 Å². The lowest BCUT2D eigenvalue weighted by molar-refractivity contribution is -0.384. The quantitative estimate of drug-likeness (QED) is 0.205. The molecule has 11 heteroatoms. The molecular weight excluding hydrogens is 402 g/mol. The Morgan fingerprint density at radius 3 is 2.59 bits per heavy atom. The zero-order chi connectivity index (χ0) is 21.2. The van der Waals surface area contributed by atoms with Crippen LogP contribution in [-0.2, 0) is 9.53 Å². The molecule has 0 heterocycles. The number of nitro benzene ring substituents is 1. The van der Waals surface area contributed by atoms with Crippen LogP contribution in [0.15, 0.2) is 53.6 Å². The number of hydrogen-bond acceptors (Lipinski definition) is 7. The molecule has 0 saturated heterocycles. The number of hydrazone groups is 1. The van der Waals surface area contributed by atoms with Gasteiger partial charge in [-0.05, 0) is 31.2 Å². The van der Waals surface area contributed by atoms with Crippen LogP contribution in [-0.4, -0.2) is 29.4 Å². The van der Waals surface area contributed by atoms with Gasteiger partial charge in [0.15, 0.2) is 0 Å². The summed E-state index contributed by atoms with van der Waals surface area (Å²) < 4.78 is 4.86. The summed E-state index contributed by atoms with van der Waals surface area (Å²) in [6.45, 7) is 1.79. The number of amides is 2. The summed E-state index contributed by atoms with van der Waals surface area (Å²) in [5, 5.41) is 20.3. The molecule has 2 aromatic carbocycles. The summed E-state index contributed by atoms with van der Waals surface area (Å²) in [4.78, 5) is 34.5. The van der Waals surface area contributed by atoms with Crippen LogP contribution in [0.2, 0.25) is 5.02 Å². The van der Waals surface area contributed by atoms with Crippen LogP contribution in [0.4, 0.5) is 21.9 Å². The Morgan fingerprint density at radius 1 is 1.21 bits per heavy atom. The Balaban J connectivity index is 2.19. The van der Waals surface area contributed by atoms with E-state index in [1.54, 1.807) is 37.3 Å². The van der Waals surface area contributed by atoms with Gasteiger partial charge in [-0.3, -0.25) is 25.7 Å². The van der Waals surface area contributed by atoms with Crippen molar-refractivity contribution in [2.45, 2.75) is 13.3 Å². The normalized spacial score (nSPS) is 10.8. The summed E-state index contributed by atoms with van der Waals surface area (Å²) in [5.74, 6) is -0.736. The fourth-order valence-corrected chi connectivity index (χ4v) is 2.33. The molecule has 0 bridgehead atoms. The maximum absolute atomic E-state index is 12.2. The highest BCUT2D eigenvalue weighted by Crippen LogP contribution is 2.27. The van der Waals surface area contributed by atoms with Gasteiger partial charge in [0.2, 0.25) is 0 Å². The van der Waals surface area contributed by atoms with Crippen molar-refractivity contribution in [3.63, 3.8) is 0 Å². The Labute approximate surface area is 171 Å². The minimum atomic E-state index is -0.651. The summed E-state index contributed by atoms with van der Waals surface area (Å²) in [7, 11) is 0. The Morgan fingerprint density at radius 2 is 1.93 bits per heavy atom. The lowest BCUT2D eigenvalue weighted by atomic mass is 10.3. The smallest absolute Gasteiger partial charge is 0.324 e. The highest BCUT2D eigenvalue weighted by Gasteiger charge is 2.16. The average molecular weight is 420 g/mol. The molecule has 0 aliphatic carbocycles. The number of ether oxygens (including phenoxy) is 1. The fraction of sp³-hybridized carbons (Fsp3) is 0.167. The molecule has 0 atom stereocenters. The average Bonchev–Trinajstić information content (AvgIpc) is 2.66. The SMILES string of the molecule is CCOC(=O)C/C(=N\Nc1cc(Cl)ccc1[N+](=O)[O-])NC(=O)Nc1ccccc1. The predicted octanol–water partition coefficient (Wildman–Crippen LogP) is 3.75. The number of carbonyl (C=O) groups excluding carboxylic acids is 2. The topological polar surface area (TPSA) is 135 Å². The molecule has 152 valence electrons. The van der Waals surface area contributed by atoms with Crippen LogP contribution >= 0.6 is 11.6 Å². The van der Waals surface area contributed by atoms with Crippen molar-refractivity contribution in [3.05, 3.63) is 63.7 Å². The molecule has 2 rings (SSSR count). The van der Waals surface area contributed by atoms with Gasteiger partial charge in [0.1, 0.15) is 17.9 Å². The van der Waals surface area contributed by atoms with E-state index in [4.69, 9.17) is 16.3 Å². The number of nitrogens with zero attached hydrogens (tertiary/aromatic N) is 2. The lowest BCUT2D eigenvalue weighted by Crippen LogP contribution is -2.36. The van der Waals surface area contributed by atoms with Gasteiger partial charge in [-0.25, -0.2) is 4.79 Å². The second kappa shape index (κ2) is 10.6. The zero-order valence-electron chi connectivity index (χ0n) is 15.3. The number of para-hydroxylation sites is 1. The highest BCUT2D eigenvalue weighted by atomic mass is 35.5. The number of urea groups is 1. The molecule has 0 aromatic heterocycles. The lowest BCUT2D eigenvalue weighted by Gasteiger charge is -2.11. The molecule has 10 nitrogen and oxygen atoms in total. The summed E-state index contributed by atoms with van der Waals surface area (Å²) >= 11 is 5.87. The summed E-state index contributed by atoms with van der Waals surface area (Å²) in [5.41, 5.74) is 2.71. The molecule has 0 aliphatic heterocycles. The van der Waals surface area contributed by atoms with Crippen LogP contribution in [0.1, 0.15) is 13.3 Å². The van der Waals surface area contributed by atoms with E-state index in [0.717, 1.165) is 0 Å². The van der Waals surface area contributed by atoms with Crippen LogP contribution in [0.25, 0.3) is 0 Å². The van der Waals surface area contributed by atoms with Gasteiger partial charge in [0, 0.05) is 16.8 Å². The number of amidine groups is 1. The Bertz CT molecular complexity index is 920. The molecule has 2 aromatic rings. The van der Waals surface area contributed by atoms with Crippen LogP contribution in [0.3, 0.4) is 0 Å². The Kier molecular flexibility index (Phi) is 7.92. The standard InChI is InChI=1S/C18H18ClN5O5/c1-2-29-17(25)11-16(21-18(26)20-13-6-4-3-5-7-13)23-22-14-10-12(19)8-9-15(14)24(27)28/h3-10,22H,2,11H2,1H3,(H2,20,21,23,26). The molecule has 0 aliphatic rings. The largest absolute Gasteiger partial charge is 0.466 e. The van der Waals surface area contributed by atoms with E-state index in [2.05, 4.69) is 21.2 Å². The summed E-state index contributed by atoms with van der Waals surface area (Å²) in [6.07, 6.45) is -0.364. The first-order valence-electron chi connectivity index (χ1n) is 8.44. The first-order valence-corrected chi connectivity index (χ1v) is 8.82. The van der Waals surface area contributed by atoms with E-state index in [1.165, 1.54) is 18.2 Å². The van der Waals surface area contributed by atoms with Crippen molar-refractivity contribution >= 4 is 46.5 Å². The number of hydrogen-bond donors (Lipinski definition) is 3. The van der Waals surface area contributed by atoms with Crippen molar-refractivity contribution in [1.29, 1.82) is 0 Å². The van der Waals surface area contributed by atoms with Crippen LogP contribution in [0, 0.1) is 10.1 Å². The second-order valence-corrected chi connectivity index (χ2v) is 5.95. The first-order chi connectivity index (χ1) is 13.9. The van der Waals surface area contributed by atoms with Crippen LogP contribution < -0.4 is 16.1 Å². The molecular formula is C18H18ClN5O5. The van der Waals surface area contributed by atoms with Gasteiger partial charge in [0.05, 0.1) is 11.5 Å². The first kappa shape index (κ1) is 21.6. The van der Waals surface area contributed by atoms with Crippen molar-refractivity contribution in [2.24, 2.45) is 5.10 Å². The van der Waals surface area contributed by atoms with Gasteiger partial charge in [-0.15, -0.1) is 0 Å². The third-order valence-corrected chi connectivity index (χ3v) is 3.61.